The summed E-state index contributed by atoms with van der Waals surface area (Å²) in [5, 5.41) is 0. The molecular weight excluding hydrogens is 268 g/mol. The second-order valence-corrected chi connectivity index (χ2v) is 6.17. The van der Waals surface area contributed by atoms with Gasteiger partial charge in [-0.2, -0.15) is 0 Å². The van der Waals surface area contributed by atoms with E-state index >= 15 is 0 Å². The smallest absolute Gasteiger partial charge is 0.338 e. The molecule has 1 rings (SSSR count). The van der Waals surface area contributed by atoms with E-state index < -0.39 is 11.9 Å². The molecule has 4 heteroatoms. The topological polar surface area (TPSA) is 52.6 Å². The predicted molar refractivity (Wildman–Crippen MR) is 81.6 cm³/mol. The van der Waals surface area contributed by atoms with Crippen LogP contribution < -0.4 is 0 Å². The molecule has 0 saturated carbocycles. The van der Waals surface area contributed by atoms with Crippen LogP contribution in [0.1, 0.15) is 47.0 Å². The lowest BCUT2D eigenvalue weighted by molar-refractivity contribution is -0.143. The third-order valence-corrected chi connectivity index (χ3v) is 2.97. The maximum Gasteiger partial charge on any atom is 0.338 e. The van der Waals surface area contributed by atoms with Crippen LogP contribution in [-0.4, -0.2) is 25.2 Å². The van der Waals surface area contributed by atoms with E-state index in [2.05, 4.69) is 0 Å². The summed E-state index contributed by atoms with van der Waals surface area (Å²) in [7, 11) is 0. The number of ether oxygens (including phenoxy) is 2. The van der Waals surface area contributed by atoms with E-state index in [9.17, 15) is 9.59 Å². The lowest BCUT2D eigenvalue weighted by Crippen LogP contribution is -2.18. The summed E-state index contributed by atoms with van der Waals surface area (Å²) in [6.07, 6.45) is 5.85. The van der Waals surface area contributed by atoms with Crippen molar-refractivity contribution in [3.8, 4) is 0 Å². The molecule has 0 spiro atoms. The van der Waals surface area contributed by atoms with E-state index in [1.807, 2.05) is 33.8 Å². The molecule has 0 fully saturated rings. The minimum Gasteiger partial charge on any atom is -0.462 e. The fourth-order valence-corrected chi connectivity index (χ4v) is 1.89. The molecule has 1 aliphatic rings. The summed E-state index contributed by atoms with van der Waals surface area (Å²) >= 11 is 0. The van der Waals surface area contributed by atoms with Gasteiger partial charge in [0.25, 0.3) is 0 Å². The highest BCUT2D eigenvalue weighted by atomic mass is 16.5. The fourth-order valence-electron chi connectivity index (χ4n) is 1.89. The molecule has 0 heterocycles. The second-order valence-electron chi connectivity index (χ2n) is 6.17. The van der Waals surface area contributed by atoms with E-state index in [4.69, 9.17) is 9.47 Å². The number of rotatable bonds is 6. The highest BCUT2D eigenvalue weighted by molar-refractivity contribution is 6.02. The van der Waals surface area contributed by atoms with Gasteiger partial charge in [-0.1, -0.05) is 39.8 Å². The molecule has 0 N–H and O–H groups in total. The number of carbonyl (C=O) groups excluding carboxylic acids is 2. The van der Waals surface area contributed by atoms with Gasteiger partial charge < -0.3 is 9.47 Å². The van der Waals surface area contributed by atoms with Gasteiger partial charge in [-0.15, -0.1) is 0 Å². The van der Waals surface area contributed by atoms with Crippen molar-refractivity contribution in [3.05, 3.63) is 23.3 Å². The molecular formula is C17H26O4. The van der Waals surface area contributed by atoms with Crippen LogP contribution in [-0.2, 0) is 19.1 Å². The molecule has 1 aliphatic carbocycles. The van der Waals surface area contributed by atoms with Crippen molar-refractivity contribution in [2.45, 2.75) is 47.0 Å². The van der Waals surface area contributed by atoms with Crippen LogP contribution in [0.5, 0.6) is 0 Å². The molecule has 0 saturated heterocycles. The van der Waals surface area contributed by atoms with Gasteiger partial charge in [-0.3, -0.25) is 0 Å². The normalized spacial score (nSPS) is 15.3. The van der Waals surface area contributed by atoms with Gasteiger partial charge in [0.1, 0.15) is 0 Å². The third-order valence-electron chi connectivity index (χ3n) is 2.97. The van der Waals surface area contributed by atoms with Gasteiger partial charge >= 0.3 is 11.9 Å². The SMILES string of the molecule is CC(C)COC(=O)C1=C(C(=O)OCC(C)C)CCCC=C1. The van der Waals surface area contributed by atoms with E-state index in [0.29, 0.717) is 30.8 Å². The number of hydrogen-bond acceptors (Lipinski definition) is 4. The van der Waals surface area contributed by atoms with Crippen LogP contribution in [0.25, 0.3) is 0 Å². The van der Waals surface area contributed by atoms with Crippen LogP contribution in [0.3, 0.4) is 0 Å². The Morgan fingerprint density at radius 3 is 2.19 bits per heavy atom. The number of carbonyl (C=O) groups is 2. The molecule has 0 unspecified atom stereocenters. The van der Waals surface area contributed by atoms with Gasteiger partial charge in [0.15, 0.2) is 0 Å². The standard InChI is InChI=1S/C17H26O4/c1-12(2)10-20-16(18)14-8-6-5-7-9-15(14)17(19)21-11-13(3)4/h6,8,12-13H,5,7,9-11H2,1-4H3. The highest BCUT2D eigenvalue weighted by Gasteiger charge is 2.23. The van der Waals surface area contributed by atoms with Gasteiger partial charge in [0, 0.05) is 0 Å². The summed E-state index contributed by atoms with van der Waals surface area (Å²) in [6, 6.07) is 0. The molecule has 118 valence electrons. The van der Waals surface area contributed by atoms with E-state index in [-0.39, 0.29) is 11.8 Å². The Labute approximate surface area is 127 Å². The van der Waals surface area contributed by atoms with Crippen molar-refractivity contribution in [2.75, 3.05) is 13.2 Å². The zero-order chi connectivity index (χ0) is 15.8. The van der Waals surface area contributed by atoms with Crippen molar-refractivity contribution in [2.24, 2.45) is 11.8 Å². The number of hydrogen-bond donors (Lipinski definition) is 0. The molecule has 0 aromatic heterocycles. The monoisotopic (exact) mass is 294 g/mol. The third kappa shape index (κ3) is 6.15. The van der Waals surface area contributed by atoms with E-state index in [1.54, 1.807) is 6.08 Å². The maximum absolute atomic E-state index is 12.2. The quantitative estimate of drug-likeness (QED) is 0.704. The van der Waals surface area contributed by atoms with Crippen LogP contribution in [0.4, 0.5) is 0 Å². The summed E-state index contributed by atoms with van der Waals surface area (Å²) < 4.78 is 10.5. The lowest BCUT2D eigenvalue weighted by Gasteiger charge is -2.13. The Balaban J connectivity index is 2.87. The van der Waals surface area contributed by atoms with Gasteiger partial charge in [-0.05, 0) is 31.1 Å². The minimum absolute atomic E-state index is 0.264. The van der Waals surface area contributed by atoms with Crippen molar-refractivity contribution in [1.82, 2.24) is 0 Å². The van der Waals surface area contributed by atoms with Crippen LogP contribution in [0.2, 0.25) is 0 Å². The van der Waals surface area contributed by atoms with Gasteiger partial charge in [0.2, 0.25) is 0 Å². The van der Waals surface area contributed by atoms with Crippen molar-refractivity contribution in [1.29, 1.82) is 0 Å². The Morgan fingerprint density at radius 2 is 1.62 bits per heavy atom. The molecule has 0 aromatic carbocycles. The highest BCUT2D eigenvalue weighted by Crippen LogP contribution is 2.22. The van der Waals surface area contributed by atoms with Crippen molar-refractivity contribution in [3.63, 3.8) is 0 Å². The van der Waals surface area contributed by atoms with Gasteiger partial charge in [-0.25, -0.2) is 9.59 Å². The summed E-state index contributed by atoms with van der Waals surface area (Å²) in [4.78, 5) is 24.4. The Morgan fingerprint density at radius 1 is 1.05 bits per heavy atom. The second kappa shape index (κ2) is 8.65. The zero-order valence-corrected chi connectivity index (χ0v) is 13.5. The molecule has 0 amide bonds. The van der Waals surface area contributed by atoms with Gasteiger partial charge in [0.05, 0.1) is 24.4 Å². The first kappa shape index (κ1) is 17.5. The summed E-state index contributed by atoms with van der Waals surface area (Å²) in [6.45, 7) is 8.62. The predicted octanol–water partition coefficient (Wildman–Crippen LogP) is 3.42. The average Bonchev–Trinajstić information content (AvgIpc) is 2.67. The lowest BCUT2D eigenvalue weighted by atomic mass is 10.0. The molecule has 0 radical (unpaired) electrons. The average molecular weight is 294 g/mol. The molecule has 4 nitrogen and oxygen atoms in total. The zero-order valence-electron chi connectivity index (χ0n) is 13.5. The fraction of sp³-hybridized carbons (Fsp3) is 0.647. The van der Waals surface area contributed by atoms with Crippen LogP contribution >= 0.6 is 0 Å². The van der Waals surface area contributed by atoms with Crippen molar-refractivity contribution < 1.29 is 19.1 Å². The summed E-state index contributed by atoms with van der Waals surface area (Å²) in [5.74, 6) is -0.294. The maximum atomic E-state index is 12.2. The minimum atomic E-state index is -0.432. The van der Waals surface area contributed by atoms with Crippen molar-refractivity contribution >= 4 is 11.9 Å². The number of esters is 2. The largest absolute Gasteiger partial charge is 0.462 e. The first-order chi connectivity index (χ1) is 9.91. The molecule has 0 aliphatic heterocycles. The first-order valence-corrected chi connectivity index (χ1v) is 7.65. The Hall–Kier alpha value is -1.58. The summed E-state index contributed by atoms with van der Waals surface area (Å²) in [5.41, 5.74) is 0.792. The van der Waals surface area contributed by atoms with Crippen LogP contribution in [0, 0.1) is 11.8 Å². The number of allylic oxidation sites excluding steroid dienone is 1. The van der Waals surface area contributed by atoms with Crippen LogP contribution in [0.15, 0.2) is 23.3 Å². The Bertz CT molecular complexity index is 430. The first-order valence-electron chi connectivity index (χ1n) is 7.65. The molecule has 0 aromatic rings. The molecule has 0 bridgehead atoms. The van der Waals surface area contributed by atoms with E-state index in [1.165, 1.54) is 0 Å². The molecule has 21 heavy (non-hydrogen) atoms. The van der Waals surface area contributed by atoms with E-state index in [0.717, 1.165) is 12.8 Å². The Kier molecular flexibility index (Phi) is 7.20. The molecule has 0 atom stereocenters.